The van der Waals surface area contributed by atoms with Crippen molar-refractivity contribution in [2.45, 2.75) is 26.7 Å². The molecule has 0 spiro atoms. The van der Waals surface area contributed by atoms with Gasteiger partial charge in [-0.15, -0.1) is 6.42 Å². The average molecular weight is 231 g/mol. The molecule has 2 heteroatoms. The van der Waals surface area contributed by atoms with Crippen LogP contribution in [0.15, 0.2) is 18.2 Å². The molecule has 0 bridgehead atoms. The van der Waals surface area contributed by atoms with E-state index in [1.54, 1.807) is 7.11 Å². The summed E-state index contributed by atoms with van der Waals surface area (Å²) >= 11 is 0. The fraction of sp³-hybridized carbons (Fsp3) is 0.467. The second kappa shape index (κ2) is 6.20. The quantitative estimate of drug-likeness (QED) is 0.721. The minimum atomic E-state index is 0.0794. The maximum Gasteiger partial charge on any atom is 0.125 e. The second-order valence-corrected chi connectivity index (χ2v) is 3.99. The second-order valence-electron chi connectivity index (χ2n) is 3.99. The van der Waals surface area contributed by atoms with Gasteiger partial charge in [0.05, 0.1) is 7.11 Å². The van der Waals surface area contributed by atoms with Crippen LogP contribution in [0, 0.1) is 12.3 Å². The number of anilines is 1. The van der Waals surface area contributed by atoms with Crippen LogP contribution in [0.1, 0.15) is 32.3 Å². The van der Waals surface area contributed by atoms with Gasteiger partial charge in [0.15, 0.2) is 0 Å². The molecule has 17 heavy (non-hydrogen) atoms. The van der Waals surface area contributed by atoms with E-state index < -0.39 is 0 Å². The Kier molecular flexibility index (Phi) is 4.90. The van der Waals surface area contributed by atoms with Crippen LogP contribution in [-0.2, 0) is 0 Å². The maximum atomic E-state index is 5.46. The van der Waals surface area contributed by atoms with Gasteiger partial charge in [0.25, 0.3) is 0 Å². The van der Waals surface area contributed by atoms with Gasteiger partial charge in [0.1, 0.15) is 5.75 Å². The number of hydrogen-bond acceptors (Lipinski definition) is 2. The van der Waals surface area contributed by atoms with Crippen LogP contribution in [0.25, 0.3) is 0 Å². The van der Waals surface area contributed by atoms with Crippen molar-refractivity contribution < 1.29 is 4.74 Å². The first-order valence-electron chi connectivity index (χ1n) is 6.06. The zero-order valence-electron chi connectivity index (χ0n) is 11.2. The van der Waals surface area contributed by atoms with Gasteiger partial charge in [-0.3, -0.25) is 0 Å². The fourth-order valence-electron chi connectivity index (χ4n) is 1.93. The van der Waals surface area contributed by atoms with Gasteiger partial charge in [-0.2, -0.15) is 0 Å². The lowest BCUT2D eigenvalue weighted by Crippen LogP contribution is -2.21. The first kappa shape index (κ1) is 13.4. The van der Waals surface area contributed by atoms with Crippen molar-refractivity contribution in [1.82, 2.24) is 0 Å². The number of ether oxygens (including phenoxy) is 1. The number of terminal acetylenes is 1. The zero-order valence-corrected chi connectivity index (χ0v) is 11.2. The van der Waals surface area contributed by atoms with Crippen molar-refractivity contribution in [2.24, 2.45) is 0 Å². The van der Waals surface area contributed by atoms with Crippen LogP contribution >= 0.6 is 0 Å². The third kappa shape index (κ3) is 2.94. The monoisotopic (exact) mass is 231 g/mol. The number of benzene rings is 1. The topological polar surface area (TPSA) is 12.5 Å². The highest BCUT2D eigenvalue weighted by Gasteiger charge is 2.11. The Morgan fingerprint density at radius 1 is 1.35 bits per heavy atom. The van der Waals surface area contributed by atoms with Crippen molar-refractivity contribution >= 4 is 5.69 Å². The van der Waals surface area contributed by atoms with Gasteiger partial charge in [-0.25, -0.2) is 0 Å². The van der Waals surface area contributed by atoms with Gasteiger partial charge in [0.2, 0.25) is 0 Å². The molecule has 0 aliphatic rings. The molecule has 2 nitrogen and oxygen atoms in total. The van der Waals surface area contributed by atoms with Gasteiger partial charge in [0, 0.05) is 36.3 Å². The van der Waals surface area contributed by atoms with Crippen molar-refractivity contribution in [3.63, 3.8) is 0 Å². The van der Waals surface area contributed by atoms with E-state index >= 15 is 0 Å². The highest BCUT2D eigenvalue weighted by atomic mass is 16.5. The Labute approximate surface area is 105 Å². The summed E-state index contributed by atoms with van der Waals surface area (Å²) in [6.07, 6.45) is 5.46. The Balaban J connectivity index is 3.13. The van der Waals surface area contributed by atoms with Gasteiger partial charge in [-0.05, 0) is 26.8 Å². The number of rotatable bonds is 5. The summed E-state index contributed by atoms with van der Waals surface area (Å²) < 4.78 is 5.43. The molecule has 1 aromatic rings. The molecule has 0 aromatic heterocycles. The van der Waals surface area contributed by atoms with Gasteiger partial charge >= 0.3 is 0 Å². The molecule has 0 aliphatic heterocycles. The molecule has 0 aliphatic carbocycles. The standard InChI is InChI=1S/C15H21NO/c1-6-12(4)14-10-9-13(11-15(14)17-5)16(7-2)8-3/h1,9-12H,7-8H2,2-5H3. The zero-order chi connectivity index (χ0) is 12.8. The molecule has 1 unspecified atom stereocenters. The average Bonchev–Trinajstić information content (AvgIpc) is 2.39. The fourth-order valence-corrected chi connectivity index (χ4v) is 1.93. The number of methoxy groups -OCH3 is 1. The van der Waals surface area contributed by atoms with E-state index in [-0.39, 0.29) is 5.92 Å². The summed E-state index contributed by atoms with van der Waals surface area (Å²) in [5.74, 6) is 3.69. The summed E-state index contributed by atoms with van der Waals surface area (Å²) in [6.45, 7) is 8.28. The summed E-state index contributed by atoms with van der Waals surface area (Å²) in [7, 11) is 1.69. The molecule has 1 atom stereocenters. The third-order valence-electron chi connectivity index (χ3n) is 3.06. The molecule has 1 rings (SSSR count). The highest BCUT2D eigenvalue weighted by Crippen LogP contribution is 2.30. The van der Waals surface area contributed by atoms with Crippen molar-refractivity contribution in [1.29, 1.82) is 0 Å². The minimum absolute atomic E-state index is 0.0794. The van der Waals surface area contributed by atoms with Crippen molar-refractivity contribution in [3.05, 3.63) is 23.8 Å². The van der Waals surface area contributed by atoms with E-state index in [9.17, 15) is 0 Å². The highest BCUT2D eigenvalue weighted by molar-refractivity contribution is 5.55. The SMILES string of the molecule is C#CC(C)c1ccc(N(CC)CC)cc1OC. The maximum absolute atomic E-state index is 5.46. The van der Waals surface area contributed by atoms with Crippen molar-refractivity contribution in [2.75, 3.05) is 25.1 Å². The lowest BCUT2D eigenvalue weighted by Gasteiger charge is -2.22. The lowest BCUT2D eigenvalue weighted by atomic mass is 10.0. The van der Waals surface area contributed by atoms with Gasteiger partial charge < -0.3 is 9.64 Å². The predicted molar refractivity (Wildman–Crippen MR) is 73.8 cm³/mol. The predicted octanol–water partition coefficient (Wildman–Crippen LogP) is 3.28. The Morgan fingerprint density at radius 3 is 2.47 bits per heavy atom. The molecule has 0 amide bonds. The number of nitrogens with zero attached hydrogens (tertiary/aromatic N) is 1. The largest absolute Gasteiger partial charge is 0.496 e. The molecule has 0 fully saturated rings. The molecule has 0 N–H and O–H groups in total. The van der Waals surface area contributed by atoms with Crippen LogP contribution in [-0.4, -0.2) is 20.2 Å². The molecular weight excluding hydrogens is 210 g/mol. The van der Waals surface area contributed by atoms with Crippen molar-refractivity contribution in [3.8, 4) is 18.1 Å². The minimum Gasteiger partial charge on any atom is -0.496 e. The Bertz CT molecular complexity index is 402. The van der Waals surface area contributed by atoms with Crippen LogP contribution in [0.3, 0.4) is 0 Å². The van der Waals surface area contributed by atoms with Crippen LogP contribution in [0.5, 0.6) is 5.75 Å². The Morgan fingerprint density at radius 2 is 2.00 bits per heavy atom. The van der Waals surface area contributed by atoms with Crippen LogP contribution in [0.2, 0.25) is 0 Å². The molecule has 0 saturated heterocycles. The normalized spacial score (nSPS) is 11.7. The summed E-state index contributed by atoms with van der Waals surface area (Å²) in [5.41, 5.74) is 2.26. The van der Waals surface area contributed by atoms with E-state index in [0.717, 1.165) is 24.4 Å². The molecular formula is C15H21NO. The number of hydrogen-bond donors (Lipinski definition) is 0. The third-order valence-corrected chi connectivity index (χ3v) is 3.06. The molecule has 0 heterocycles. The molecule has 92 valence electrons. The van der Waals surface area contributed by atoms with Crippen LogP contribution in [0.4, 0.5) is 5.69 Å². The first-order chi connectivity index (χ1) is 8.17. The van der Waals surface area contributed by atoms with E-state index in [4.69, 9.17) is 11.2 Å². The lowest BCUT2D eigenvalue weighted by molar-refractivity contribution is 0.409. The Hall–Kier alpha value is -1.62. The van der Waals surface area contributed by atoms with Gasteiger partial charge in [-0.1, -0.05) is 12.0 Å². The van der Waals surface area contributed by atoms with E-state index in [0.29, 0.717) is 0 Å². The van der Waals surface area contributed by atoms with E-state index in [1.807, 2.05) is 6.92 Å². The summed E-state index contributed by atoms with van der Waals surface area (Å²) in [6, 6.07) is 6.24. The van der Waals surface area contributed by atoms with E-state index in [1.165, 1.54) is 5.69 Å². The van der Waals surface area contributed by atoms with Crippen LogP contribution < -0.4 is 9.64 Å². The first-order valence-corrected chi connectivity index (χ1v) is 6.06. The smallest absolute Gasteiger partial charge is 0.125 e. The molecule has 0 saturated carbocycles. The van der Waals surface area contributed by atoms with E-state index in [2.05, 4.69) is 42.9 Å². The summed E-state index contributed by atoms with van der Waals surface area (Å²) in [4.78, 5) is 2.28. The molecule has 1 aromatic carbocycles. The molecule has 0 radical (unpaired) electrons. The summed E-state index contributed by atoms with van der Waals surface area (Å²) in [5, 5.41) is 0.